The van der Waals surface area contributed by atoms with E-state index < -0.39 is 64.4 Å². The topological polar surface area (TPSA) is 307 Å². The second-order valence-electron chi connectivity index (χ2n) is 22.3. The van der Waals surface area contributed by atoms with Crippen LogP contribution in [0.15, 0.2) is 227 Å². The van der Waals surface area contributed by atoms with Gasteiger partial charge in [0, 0.05) is 39.7 Å². The van der Waals surface area contributed by atoms with Crippen LogP contribution in [0.2, 0.25) is 0 Å². The van der Waals surface area contributed by atoms with Crippen LogP contribution in [0.1, 0.15) is 76.5 Å². The molecule has 6 aromatic carbocycles. The number of rotatable bonds is 14. The molecule has 1 N–H and O–H groups in total. The molecule has 6 aliphatic rings. The molecule has 0 amide bonds. The van der Waals surface area contributed by atoms with E-state index in [1.807, 2.05) is 24.3 Å². The molecule has 2 aliphatic heterocycles. The summed E-state index contributed by atoms with van der Waals surface area (Å²) >= 11 is 1.75. The lowest BCUT2D eigenvalue weighted by Crippen LogP contribution is -2.51. The number of aromatic nitrogens is 2. The van der Waals surface area contributed by atoms with Gasteiger partial charge in [0.25, 0.3) is 0 Å². The molecule has 464 valence electrons. The number of ketones is 1. The Bertz CT molecular complexity index is 4950. The molecule has 0 spiro atoms. The van der Waals surface area contributed by atoms with Crippen LogP contribution in [0.25, 0.3) is 22.3 Å². The predicted octanol–water partition coefficient (Wildman–Crippen LogP) is 11.9. The number of carbonyl (C=O) groups excluding carboxylic acids is 5. The smallest absolute Gasteiger partial charge is 0.369 e. The van der Waals surface area contributed by atoms with Crippen LogP contribution < -0.4 is 0 Å². The Labute approximate surface area is 554 Å². The maximum absolute atomic E-state index is 15.4. The number of hydrogen-bond acceptors (Lipinski definition) is 22. The molecule has 4 heterocycles. The van der Waals surface area contributed by atoms with Crippen molar-refractivity contribution in [3.05, 3.63) is 282 Å². The first-order chi connectivity index (χ1) is 46.8. The second-order valence-corrected chi connectivity index (χ2v) is 24.3. The zero-order valence-corrected chi connectivity index (χ0v) is 51.5. The lowest BCUT2D eigenvalue weighted by molar-refractivity contribution is -0.191. The lowest BCUT2D eigenvalue weighted by Gasteiger charge is -2.40. The number of aliphatic hydroxyl groups excluding tert-OH is 1. The van der Waals surface area contributed by atoms with Gasteiger partial charge in [-0.2, -0.15) is 21.0 Å². The van der Waals surface area contributed by atoms with Crippen molar-refractivity contribution in [2.75, 3.05) is 0 Å². The highest BCUT2D eigenvalue weighted by atomic mass is 32.1. The van der Waals surface area contributed by atoms with Gasteiger partial charge in [0.2, 0.25) is 16.0 Å². The van der Waals surface area contributed by atoms with E-state index in [9.17, 15) is 30.9 Å². The number of aliphatic hydroxyl groups is 1. The van der Waals surface area contributed by atoms with Crippen LogP contribution in [0.5, 0.6) is 0 Å². The molecule has 0 fully saturated rings. The van der Waals surface area contributed by atoms with Crippen molar-refractivity contribution in [1.82, 2.24) is 9.97 Å². The molecule has 0 saturated carbocycles. The number of aliphatic imine (C=N–C) groups is 2. The molecule has 2 aromatic heterocycles. The molecule has 4 aliphatic carbocycles. The Hall–Kier alpha value is -12.6. The number of Topliss-reactive ketones (excluding diaryl/α,β-unsaturated/α-hetero) is 1. The summed E-state index contributed by atoms with van der Waals surface area (Å²) in [5, 5.41) is 52.5. The van der Waals surface area contributed by atoms with Crippen LogP contribution in [0, 0.1) is 57.2 Å². The number of fused-ring (bicyclic) bond motifs is 9. The van der Waals surface area contributed by atoms with Gasteiger partial charge in [-0.05, 0) is 51.1 Å². The minimum absolute atomic E-state index is 0.0279. The molecule has 0 saturated heterocycles. The van der Waals surface area contributed by atoms with Crippen LogP contribution in [0.4, 0.5) is 10.3 Å². The lowest BCUT2D eigenvalue weighted by atomic mass is 9.76. The van der Waals surface area contributed by atoms with Crippen molar-refractivity contribution in [2.45, 2.75) is 43.7 Å². The Morgan fingerprint density at radius 3 is 1.26 bits per heavy atom. The third-order valence-corrected chi connectivity index (χ3v) is 18.6. The number of ether oxygens (including phenoxy) is 6. The summed E-state index contributed by atoms with van der Waals surface area (Å²) < 4.78 is 37.9. The summed E-state index contributed by atoms with van der Waals surface area (Å²) in [7, 11) is 0. The van der Waals surface area contributed by atoms with Gasteiger partial charge in [-0.15, -0.1) is 0 Å². The van der Waals surface area contributed by atoms with Crippen molar-refractivity contribution in [2.24, 2.45) is 21.8 Å². The molecule has 96 heavy (non-hydrogen) atoms. The van der Waals surface area contributed by atoms with E-state index in [-0.39, 0.29) is 120 Å². The Kier molecular flexibility index (Phi) is 16.0. The molecule has 3 atom stereocenters. The van der Waals surface area contributed by atoms with E-state index in [1.54, 1.807) is 188 Å². The SMILES string of the molecule is N#CC(C#N)=C1C(=Nc2nc3c(s2)C2=CC4C=C5OC(C(=O)OCc6ccccc6)(C(=O)OCc6ccccc6)c6nc(N=C7C(=C(C#N)C#N)c8ccccc8C7O)sc6C5=CC4C=C2OC3(C(=O)OCc2ccccc2)C(=O)OCc2ccccc2)C(=O)c2ccccc21. The van der Waals surface area contributed by atoms with Crippen molar-refractivity contribution < 1.29 is 57.5 Å². The first kappa shape index (κ1) is 61.0. The fourth-order valence-corrected chi connectivity index (χ4v) is 14.1. The van der Waals surface area contributed by atoms with Gasteiger partial charge in [-0.3, -0.25) is 4.79 Å². The van der Waals surface area contributed by atoms with Crippen molar-refractivity contribution in [3.8, 4) is 24.3 Å². The van der Waals surface area contributed by atoms with Gasteiger partial charge in [0.1, 0.15) is 96.6 Å². The molecular formula is C74H44N8O12S2. The molecule has 0 radical (unpaired) electrons. The van der Waals surface area contributed by atoms with E-state index in [4.69, 9.17) is 48.4 Å². The summed E-state index contributed by atoms with van der Waals surface area (Å²) in [6, 6.07) is 55.4. The average Bonchev–Trinajstić information content (AvgIpc) is 1.15. The quantitative estimate of drug-likeness (QED) is 0.0457. The van der Waals surface area contributed by atoms with Crippen molar-refractivity contribution >= 4 is 96.3 Å². The van der Waals surface area contributed by atoms with E-state index >= 15 is 19.2 Å². The third kappa shape index (κ3) is 10.6. The number of nitriles is 4. The van der Waals surface area contributed by atoms with E-state index in [2.05, 4.69) is 0 Å². The van der Waals surface area contributed by atoms with E-state index in [1.165, 1.54) is 6.07 Å². The predicted molar refractivity (Wildman–Crippen MR) is 346 cm³/mol. The van der Waals surface area contributed by atoms with Crippen LogP contribution in [-0.2, 0) is 85.2 Å². The Morgan fingerprint density at radius 1 is 0.479 bits per heavy atom. The normalized spacial score (nSPS) is 18.4. The van der Waals surface area contributed by atoms with Crippen molar-refractivity contribution in [1.29, 1.82) is 21.0 Å². The number of esters is 4. The van der Waals surface area contributed by atoms with Gasteiger partial charge in [0.05, 0.1) is 15.5 Å². The summed E-state index contributed by atoms with van der Waals surface area (Å²) in [4.78, 5) is 95.6. The molecule has 8 aromatic rings. The van der Waals surface area contributed by atoms with Gasteiger partial charge in [-0.1, -0.05) is 205 Å². The number of benzene rings is 6. The molecule has 0 bridgehead atoms. The maximum atomic E-state index is 15.4. The van der Waals surface area contributed by atoms with E-state index in [0.717, 1.165) is 22.7 Å². The molecular weight excluding hydrogens is 1260 g/mol. The highest BCUT2D eigenvalue weighted by Crippen LogP contribution is 2.57. The summed E-state index contributed by atoms with van der Waals surface area (Å²) in [5.74, 6) is -7.15. The maximum Gasteiger partial charge on any atom is 0.369 e. The van der Waals surface area contributed by atoms with Crippen LogP contribution >= 0.6 is 22.7 Å². The molecule has 14 rings (SSSR count). The van der Waals surface area contributed by atoms with Gasteiger partial charge < -0.3 is 33.5 Å². The summed E-state index contributed by atoms with van der Waals surface area (Å²) in [6.07, 6.45) is 5.35. The Morgan fingerprint density at radius 2 is 0.844 bits per heavy atom. The fraction of sp³-hybridized carbons (Fsp3) is 0.122. The van der Waals surface area contributed by atoms with Crippen LogP contribution in [0.3, 0.4) is 0 Å². The zero-order chi connectivity index (χ0) is 66.2. The monoisotopic (exact) mass is 1300 g/mol. The van der Waals surface area contributed by atoms with Crippen LogP contribution in [-0.4, -0.2) is 56.2 Å². The van der Waals surface area contributed by atoms with Gasteiger partial charge in [-0.25, -0.2) is 39.1 Å². The first-order valence-corrected chi connectivity index (χ1v) is 31.3. The summed E-state index contributed by atoms with van der Waals surface area (Å²) in [6.45, 7) is -1.33. The molecule has 20 nitrogen and oxygen atoms in total. The first-order valence-electron chi connectivity index (χ1n) is 29.7. The minimum atomic E-state index is -2.85. The number of nitrogens with zero attached hydrogens (tertiary/aromatic N) is 8. The molecule has 3 unspecified atom stereocenters. The standard InChI is InChI=1S/C74H44N8O12S2/c75-33-47(34-76)57-49-25-13-15-27-51(49)61(83)59(57)79-71-81-65-63(95-71)53-29-46-32-56-54(30-45(46)31-55(53)93-73(65,67(85)89-37-41-17-5-1-6-18-41)68(86)90-38-42-19-7-2-8-20-42)64-66(82-72(96-64)80-60-58(48(35-77)36-78)50-26-14-16-28-52(50)62(60)84)74(94-56,69(87)91-39-43-21-9-3-10-22-43)70(88)92-40-44-23-11-4-12-24-44/h1-32,45-46,61,83H,37-40H2. The number of hydrogen-bond donors (Lipinski definition) is 1. The third-order valence-electron chi connectivity index (χ3n) is 16.6. The zero-order valence-electron chi connectivity index (χ0n) is 49.9. The number of thiazole rings is 2. The number of carbonyl (C=O) groups is 5. The second kappa shape index (κ2) is 25.1. The highest BCUT2D eigenvalue weighted by molar-refractivity contribution is 7.17. The average molecular weight is 1300 g/mol. The highest BCUT2D eigenvalue weighted by Gasteiger charge is 2.63. The van der Waals surface area contributed by atoms with E-state index in [0.29, 0.717) is 33.4 Å². The minimum Gasteiger partial charge on any atom is -0.458 e. The Balaban J connectivity index is 0.952. The van der Waals surface area contributed by atoms with Crippen molar-refractivity contribution in [3.63, 3.8) is 0 Å². The van der Waals surface area contributed by atoms with Gasteiger partial charge in [0.15, 0.2) is 0 Å². The largest absolute Gasteiger partial charge is 0.458 e. The summed E-state index contributed by atoms with van der Waals surface area (Å²) in [5.41, 5.74) is -3.54. The number of allylic oxidation sites excluding steroid dienone is 9. The molecule has 22 heteroatoms. The van der Waals surface area contributed by atoms with Gasteiger partial charge >= 0.3 is 35.1 Å². The fourth-order valence-electron chi connectivity index (χ4n) is 12.0.